The van der Waals surface area contributed by atoms with Crippen LogP contribution in [-0.4, -0.2) is 38.7 Å². The van der Waals surface area contributed by atoms with E-state index >= 15 is 0 Å². The average Bonchev–Trinajstić information content (AvgIpc) is 2.69. The molecule has 0 unspecified atom stereocenters. The van der Waals surface area contributed by atoms with Crippen LogP contribution < -0.4 is 4.74 Å². The molecule has 2 aromatic carbocycles. The molecule has 1 aliphatic heterocycles. The zero-order valence-electron chi connectivity index (χ0n) is 15.1. The fraction of sp³-hybridized carbons (Fsp3) is 0.350. The van der Waals surface area contributed by atoms with Crippen molar-refractivity contribution >= 4 is 15.8 Å². The van der Waals surface area contributed by atoms with Crippen molar-refractivity contribution in [2.45, 2.75) is 18.6 Å². The van der Waals surface area contributed by atoms with Crippen LogP contribution in [0.4, 0.5) is 4.39 Å². The van der Waals surface area contributed by atoms with Gasteiger partial charge in [0.1, 0.15) is 11.6 Å². The van der Waals surface area contributed by atoms with Gasteiger partial charge in [0.25, 0.3) is 0 Å². The van der Waals surface area contributed by atoms with Crippen LogP contribution in [0.3, 0.4) is 0 Å². The standard InChI is InChI=1S/C20H22FNO4S/c1-26-19-8-4-16(5-9-19)20(23)17-10-12-22(13-11-17)27(24,25)14-15-2-6-18(21)7-3-15/h2-9,17H,10-14H2,1H3. The first-order chi connectivity index (χ1) is 12.9. The number of ketones is 1. The third-order valence-electron chi connectivity index (χ3n) is 4.85. The normalized spacial score (nSPS) is 16.2. The van der Waals surface area contributed by atoms with E-state index < -0.39 is 15.8 Å². The summed E-state index contributed by atoms with van der Waals surface area (Å²) in [5.41, 5.74) is 1.16. The van der Waals surface area contributed by atoms with Gasteiger partial charge in [-0.05, 0) is 54.8 Å². The highest BCUT2D eigenvalue weighted by Gasteiger charge is 2.31. The number of piperidine rings is 1. The van der Waals surface area contributed by atoms with Gasteiger partial charge in [0.2, 0.25) is 10.0 Å². The van der Waals surface area contributed by atoms with E-state index in [1.807, 2.05) is 0 Å². The number of carbonyl (C=O) groups excluding carboxylic acids is 1. The number of nitrogens with zero attached hydrogens (tertiary/aromatic N) is 1. The van der Waals surface area contributed by atoms with Crippen LogP contribution in [0.25, 0.3) is 0 Å². The third kappa shape index (κ3) is 4.73. The molecule has 0 saturated carbocycles. The van der Waals surface area contributed by atoms with Crippen molar-refractivity contribution < 1.29 is 22.3 Å². The number of rotatable bonds is 6. The molecule has 1 heterocycles. The van der Waals surface area contributed by atoms with Crippen molar-refractivity contribution in [2.75, 3.05) is 20.2 Å². The minimum atomic E-state index is -3.49. The Hall–Kier alpha value is -2.25. The molecule has 1 aliphatic rings. The molecule has 0 atom stereocenters. The Morgan fingerprint density at radius 3 is 2.22 bits per heavy atom. The minimum Gasteiger partial charge on any atom is -0.497 e. The Morgan fingerprint density at radius 2 is 1.67 bits per heavy atom. The first-order valence-electron chi connectivity index (χ1n) is 8.79. The SMILES string of the molecule is COc1ccc(C(=O)C2CCN(S(=O)(=O)Cc3ccc(F)cc3)CC2)cc1. The number of ether oxygens (including phenoxy) is 1. The van der Waals surface area contributed by atoms with Crippen LogP contribution in [0.15, 0.2) is 48.5 Å². The van der Waals surface area contributed by atoms with Crippen LogP contribution in [-0.2, 0) is 15.8 Å². The zero-order valence-corrected chi connectivity index (χ0v) is 15.9. The van der Waals surface area contributed by atoms with Crippen molar-refractivity contribution in [3.63, 3.8) is 0 Å². The van der Waals surface area contributed by atoms with Gasteiger partial charge in [0, 0.05) is 24.6 Å². The number of halogens is 1. The number of carbonyl (C=O) groups is 1. The summed E-state index contributed by atoms with van der Waals surface area (Å²) in [4.78, 5) is 12.6. The van der Waals surface area contributed by atoms with E-state index in [4.69, 9.17) is 4.74 Å². The molecular weight excluding hydrogens is 369 g/mol. The molecule has 0 radical (unpaired) electrons. The molecule has 144 valence electrons. The van der Waals surface area contributed by atoms with Gasteiger partial charge in [0.05, 0.1) is 12.9 Å². The molecule has 2 aromatic rings. The van der Waals surface area contributed by atoms with Gasteiger partial charge in [0.15, 0.2) is 5.78 Å². The summed E-state index contributed by atoms with van der Waals surface area (Å²) in [6.45, 7) is 0.631. The quantitative estimate of drug-likeness (QED) is 0.709. The Labute approximate surface area is 158 Å². The molecule has 0 amide bonds. The molecule has 27 heavy (non-hydrogen) atoms. The molecule has 5 nitrogen and oxygen atoms in total. The number of Topliss-reactive ketones (excluding diaryl/α,β-unsaturated/α-hetero) is 1. The number of hydrogen-bond donors (Lipinski definition) is 0. The summed E-state index contributed by atoms with van der Waals surface area (Å²) in [7, 11) is -1.92. The van der Waals surface area contributed by atoms with Crippen molar-refractivity contribution in [3.05, 3.63) is 65.5 Å². The number of methoxy groups -OCH3 is 1. The lowest BCUT2D eigenvalue weighted by Gasteiger charge is -2.30. The molecule has 3 rings (SSSR count). The predicted octanol–water partition coefficient (Wildman–Crippen LogP) is 3.26. The Balaban J connectivity index is 1.60. The van der Waals surface area contributed by atoms with Crippen LogP contribution >= 0.6 is 0 Å². The summed E-state index contributed by atoms with van der Waals surface area (Å²) in [6.07, 6.45) is 0.987. The lowest BCUT2D eigenvalue weighted by molar-refractivity contribution is 0.0875. The fourth-order valence-corrected chi connectivity index (χ4v) is 4.83. The first kappa shape index (κ1) is 19.5. The maximum absolute atomic E-state index is 13.0. The highest BCUT2D eigenvalue weighted by molar-refractivity contribution is 7.88. The highest BCUT2D eigenvalue weighted by atomic mass is 32.2. The van der Waals surface area contributed by atoms with E-state index in [9.17, 15) is 17.6 Å². The zero-order chi connectivity index (χ0) is 19.4. The molecule has 0 spiro atoms. The van der Waals surface area contributed by atoms with Crippen molar-refractivity contribution in [3.8, 4) is 5.75 Å². The second-order valence-corrected chi connectivity index (χ2v) is 8.62. The van der Waals surface area contributed by atoms with Crippen LogP contribution in [0.2, 0.25) is 0 Å². The minimum absolute atomic E-state index is 0.0354. The largest absolute Gasteiger partial charge is 0.497 e. The first-order valence-corrected chi connectivity index (χ1v) is 10.4. The third-order valence-corrected chi connectivity index (χ3v) is 6.71. The maximum Gasteiger partial charge on any atom is 0.218 e. The summed E-state index contributed by atoms with van der Waals surface area (Å²) in [5, 5.41) is 0. The maximum atomic E-state index is 13.0. The van der Waals surface area contributed by atoms with Crippen LogP contribution in [0.5, 0.6) is 5.75 Å². The van der Waals surface area contributed by atoms with E-state index in [-0.39, 0.29) is 17.5 Å². The van der Waals surface area contributed by atoms with Gasteiger partial charge in [-0.25, -0.2) is 17.1 Å². The van der Waals surface area contributed by atoms with Crippen LogP contribution in [0.1, 0.15) is 28.8 Å². The fourth-order valence-electron chi connectivity index (χ4n) is 3.27. The van der Waals surface area contributed by atoms with Crippen molar-refractivity contribution in [1.29, 1.82) is 0 Å². The molecule has 0 N–H and O–H groups in total. The summed E-state index contributed by atoms with van der Waals surface area (Å²) < 4.78 is 44.7. The van der Waals surface area contributed by atoms with Gasteiger partial charge in [-0.3, -0.25) is 4.79 Å². The average molecular weight is 391 g/mol. The molecular formula is C20H22FNO4S. The number of hydrogen-bond acceptors (Lipinski definition) is 4. The Bertz CT molecular complexity index is 887. The lowest BCUT2D eigenvalue weighted by atomic mass is 9.89. The number of benzene rings is 2. The van der Waals surface area contributed by atoms with Gasteiger partial charge in [-0.1, -0.05) is 12.1 Å². The molecule has 0 bridgehead atoms. The van der Waals surface area contributed by atoms with E-state index in [0.29, 0.717) is 42.8 Å². The molecule has 0 aliphatic carbocycles. The van der Waals surface area contributed by atoms with E-state index in [2.05, 4.69) is 0 Å². The second-order valence-electron chi connectivity index (χ2n) is 6.65. The molecule has 1 saturated heterocycles. The highest BCUT2D eigenvalue weighted by Crippen LogP contribution is 2.25. The molecule has 0 aromatic heterocycles. The van der Waals surface area contributed by atoms with E-state index in [1.165, 1.54) is 28.6 Å². The molecule has 7 heteroatoms. The van der Waals surface area contributed by atoms with Crippen LogP contribution in [0, 0.1) is 11.7 Å². The van der Waals surface area contributed by atoms with Crippen molar-refractivity contribution in [2.24, 2.45) is 5.92 Å². The van der Waals surface area contributed by atoms with Crippen molar-refractivity contribution in [1.82, 2.24) is 4.31 Å². The van der Waals surface area contributed by atoms with Gasteiger partial charge in [-0.15, -0.1) is 0 Å². The van der Waals surface area contributed by atoms with Gasteiger partial charge >= 0.3 is 0 Å². The van der Waals surface area contributed by atoms with Gasteiger partial charge in [-0.2, -0.15) is 0 Å². The topological polar surface area (TPSA) is 63.7 Å². The lowest BCUT2D eigenvalue weighted by Crippen LogP contribution is -2.40. The Kier molecular flexibility index (Phi) is 5.92. The summed E-state index contributed by atoms with van der Waals surface area (Å²) in [5.74, 6) is -0.0177. The smallest absolute Gasteiger partial charge is 0.218 e. The van der Waals surface area contributed by atoms with E-state index in [1.54, 1.807) is 31.4 Å². The summed E-state index contributed by atoms with van der Waals surface area (Å²) >= 11 is 0. The summed E-state index contributed by atoms with van der Waals surface area (Å²) in [6, 6.07) is 12.4. The molecule has 1 fully saturated rings. The second kappa shape index (κ2) is 8.19. The Morgan fingerprint density at radius 1 is 1.07 bits per heavy atom. The monoisotopic (exact) mass is 391 g/mol. The number of sulfonamides is 1. The predicted molar refractivity (Wildman–Crippen MR) is 101 cm³/mol. The van der Waals surface area contributed by atoms with Gasteiger partial charge < -0.3 is 4.74 Å². The van der Waals surface area contributed by atoms with E-state index in [0.717, 1.165) is 0 Å².